The molecule has 1 aromatic rings. The van der Waals surface area contributed by atoms with Crippen molar-refractivity contribution < 1.29 is 9.84 Å². The number of ether oxygens (including phenoxy) is 1. The van der Waals surface area contributed by atoms with E-state index in [0.29, 0.717) is 6.61 Å². The summed E-state index contributed by atoms with van der Waals surface area (Å²) in [6, 6.07) is 10.1. The van der Waals surface area contributed by atoms with Crippen LogP contribution in [-0.4, -0.2) is 24.9 Å². The van der Waals surface area contributed by atoms with Crippen LogP contribution in [0.2, 0.25) is 0 Å². The first-order valence-electron chi connectivity index (χ1n) is 4.61. The first kappa shape index (κ1) is 8.73. The molecule has 0 saturated carbocycles. The molecule has 1 atom stereocenters. The molecule has 1 fully saturated rings. The fourth-order valence-corrected chi connectivity index (χ4v) is 1.84. The molecular weight excluding hydrogens is 164 g/mol. The third kappa shape index (κ3) is 1.47. The Kier molecular flexibility index (Phi) is 2.34. The molecule has 0 radical (unpaired) electrons. The van der Waals surface area contributed by atoms with Crippen LogP contribution >= 0.6 is 0 Å². The van der Waals surface area contributed by atoms with Gasteiger partial charge in [0.25, 0.3) is 0 Å². The monoisotopic (exact) mass is 178 g/mol. The molecule has 1 saturated heterocycles. The fraction of sp³-hybridized carbons (Fsp3) is 0.455. The molecule has 1 heterocycles. The number of hydrogen-bond acceptors (Lipinski definition) is 2. The highest BCUT2D eigenvalue weighted by Gasteiger charge is 2.35. The van der Waals surface area contributed by atoms with Crippen LogP contribution in [-0.2, 0) is 10.2 Å². The second-order valence-corrected chi connectivity index (χ2v) is 3.61. The number of aliphatic hydroxyl groups is 1. The van der Waals surface area contributed by atoms with Gasteiger partial charge < -0.3 is 9.84 Å². The molecule has 2 heteroatoms. The van der Waals surface area contributed by atoms with E-state index in [1.54, 1.807) is 0 Å². The molecule has 2 rings (SSSR count). The van der Waals surface area contributed by atoms with Crippen molar-refractivity contribution in [3.05, 3.63) is 35.9 Å². The Labute approximate surface area is 78.2 Å². The third-order valence-corrected chi connectivity index (χ3v) is 2.79. The molecule has 2 nitrogen and oxygen atoms in total. The van der Waals surface area contributed by atoms with E-state index in [0.717, 1.165) is 13.0 Å². The van der Waals surface area contributed by atoms with E-state index in [9.17, 15) is 5.11 Å². The van der Waals surface area contributed by atoms with Gasteiger partial charge in [0.05, 0.1) is 13.2 Å². The molecule has 70 valence electrons. The summed E-state index contributed by atoms with van der Waals surface area (Å²) in [7, 11) is 0. The van der Waals surface area contributed by atoms with Gasteiger partial charge in [0.2, 0.25) is 0 Å². The van der Waals surface area contributed by atoms with Crippen molar-refractivity contribution >= 4 is 0 Å². The molecule has 0 spiro atoms. The Bertz CT molecular complexity index is 263. The Morgan fingerprint density at radius 1 is 1.31 bits per heavy atom. The maximum absolute atomic E-state index is 9.39. The maximum atomic E-state index is 9.39. The number of aliphatic hydroxyl groups excluding tert-OH is 1. The minimum atomic E-state index is -0.138. The summed E-state index contributed by atoms with van der Waals surface area (Å²) in [6.07, 6.45) is 0.924. The summed E-state index contributed by atoms with van der Waals surface area (Å²) >= 11 is 0. The predicted molar refractivity (Wildman–Crippen MR) is 50.6 cm³/mol. The summed E-state index contributed by atoms with van der Waals surface area (Å²) in [5, 5.41) is 9.39. The third-order valence-electron chi connectivity index (χ3n) is 2.79. The molecule has 0 bridgehead atoms. The van der Waals surface area contributed by atoms with Crippen molar-refractivity contribution in [3.8, 4) is 0 Å². The van der Waals surface area contributed by atoms with Crippen LogP contribution in [0.5, 0.6) is 0 Å². The zero-order valence-corrected chi connectivity index (χ0v) is 7.57. The fourth-order valence-electron chi connectivity index (χ4n) is 1.84. The predicted octanol–water partition coefficient (Wildman–Crippen LogP) is 1.34. The molecule has 0 amide bonds. The molecule has 1 aliphatic rings. The molecule has 0 aromatic heterocycles. The SMILES string of the molecule is OC[C@@]1(c2ccccc2)CCOC1. The molecular formula is C11H14O2. The van der Waals surface area contributed by atoms with Crippen molar-refractivity contribution in [2.75, 3.05) is 19.8 Å². The van der Waals surface area contributed by atoms with E-state index in [-0.39, 0.29) is 12.0 Å². The van der Waals surface area contributed by atoms with Crippen molar-refractivity contribution in [1.29, 1.82) is 0 Å². The largest absolute Gasteiger partial charge is 0.395 e. The van der Waals surface area contributed by atoms with Gasteiger partial charge in [-0.2, -0.15) is 0 Å². The Morgan fingerprint density at radius 3 is 2.62 bits per heavy atom. The van der Waals surface area contributed by atoms with Gasteiger partial charge >= 0.3 is 0 Å². The van der Waals surface area contributed by atoms with Gasteiger partial charge in [0.1, 0.15) is 0 Å². The topological polar surface area (TPSA) is 29.5 Å². The molecule has 0 unspecified atom stereocenters. The average molecular weight is 178 g/mol. The standard InChI is InChI=1S/C11H14O2/c12-8-11(6-7-13-9-11)10-4-2-1-3-5-10/h1-5,12H,6-9H2/t11-/m0/s1. The van der Waals surface area contributed by atoms with Crippen LogP contribution in [0.1, 0.15) is 12.0 Å². The first-order valence-corrected chi connectivity index (χ1v) is 4.61. The van der Waals surface area contributed by atoms with Crippen LogP contribution in [0.15, 0.2) is 30.3 Å². The summed E-state index contributed by atoms with van der Waals surface area (Å²) in [5.41, 5.74) is 1.05. The average Bonchev–Trinajstić information content (AvgIpc) is 2.69. The molecule has 0 aliphatic carbocycles. The lowest BCUT2D eigenvalue weighted by atomic mass is 9.81. The normalized spacial score (nSPS) is 27.8. The lowest BCUT2D eigenvalue weighted by Crippen LogP contribution is -2.30. The zero-order valence-electron chi connectivity index (χ0n) is 7.57. The summed E-state index contributed by atoms with van der Waals surface area (Å²) in [5.74, 6) is 0. The Morgan fingerprint density at radius 2 is 2.08 bits per heavy atom. The highest BCUT2D eigenvalue weighted by Crippen LogP contribution is 2.32. The zero-order chi connectivity index (χ0) is 9.15. The van der Waals surface area contributed by atoms with E-state index < -0.39 is 0 Å². The molecule has 1 aromatic carbocycles. The maximum Gasteiger partial charge on any atom is 0.0585 e. The highest BCUT2D eigenvalue weighted by atomic mass is 16.5. The second-order valence-electron chi connectivity index (χ2n) is 3.61. The van der Waals surface area contributed by atoms with Crippen LogP contribution in [0, 0.1) is 0 Å². The van der Waals surface area contributed by atoms with E-state index in [1.165, 1.54) is 5.56 Å². The van der Waals surface area contributed by atoms with Gasteiger partial charge in [-0.1, -0.05) is 30.3 Å². The van der Waals surface area contributed by atoms with Crippen LogP contribution in [0.25, 0.3) is 0 Å². The van der Waals surface area contributed by atoms with Crippen molar-refractivity contribution in [2.45, 2.75) is 11.8 Å². The van der Waals surface area contributed by atoms with E-state index in [4.69, 9.17) is 4.74 Å². The minimum Gasteiger partial charge on any atom is -0.395 e. The number of benzene rings is 1. The van der Waals surface area contributed by atoms with Gasteiger partial charge in [-0.05, 0) is 12.0 Å². The summed E-state index contributed by atoms with van der Waals surface area (Å²) in [4.78, 5) is 0. The number of hydrogen-bond donors (Lipinski definition) is 1. The van der Waals surface area contributed by atoms with Crippen LogP contribution in [0.3, 0.4) is 0 Å². The minimum absolute atomic E-state index is 0.138. The highest BCUT2D eigenvalue weighted by molar-refractivity contribution is 5.26. The summed E-state index contributed by atoms with van der Waals surface area (Å²) < 4.78 is 5.35. The Hall–Kier alpha value is -0.860. The van der Waals surface area contributed by atoms with E-state index >= 15 is 0 Å². The van der Waals surface area contributed by atoms with Gasteiger partial charge in [0.15, 0.2) is 0 Å². The van der Waals surface area contributed by atoms with E-state index in [1.807, 2.05) is 18.2 Å². The van der Waals surface area contributed by atoms with Crippen LogP contribution < -0.4 is 0 Å². The quantitative estimate of drug-likeness (QED) is 0.740. The van der Waals surface area contributed by atoms with E-state index in [2.05, 4.69) is 12.1 Å². The smallest absolute Gasteiger partial charge is 0.0585 e. The van der Waals surface area contributed by atoms with Gasteiger partial charge in [-0.25, -0.2) is 0 Å². The summed E-state index contributed by atoms with van der Waals surface area (Å²) in [6.45, 7) is 1.58. The molecule has 13 heavy (non-hydrogen) atoms. The lowest BCUT2D eigenvalue weighted by Gasteiger charge is -2.24. The number of rotatable bonds is 2. The van der Waals surface area contributed by atoms with Gasteiger partial charge in [-0.3, -0.25) is 0 Å². The second kappa shape index (κ2) is 3.48. The van der Waals surface area contributed by atoms with Gasteiger partial charge in [0, 0.05) is 12.0 Å². The van der Waals surface area contributed by atoms with Crippen LogP contribution in [0.4, 0.5) is 0 Å². The molecule has 1 N–H and O–H groups in total. The Balaban J connectivity index is 2.31. The van der Waals surface area contributed by atoms with Gasteiger partial charge in [-0.15, -0.1) is 0 Å². The lowest BCUT2D eigenvalue weighted by molar-refractivity contribution is 0.140. The first-order chi connectivity index (χ1) is 6.37. The van der Waals surface area contributed by atoms with Crippen molar-refractivity contribution in [2.24, 2.45) is 0 Å². The van der Waals surface area contributed by atoms with Crippen molar-refractivity contribution in [3.63, 3.8) is 0 Å². The van der Waals surface area contributed by atoms with Crippen molar-refractivity contribution in [1.82, 2.24) is 0 Å². The molecule has 1 aliphatic heterocycles.